The summed E-state index contributed by atoms with van der Waals surface area (Å²) >= 11 is 0. The maximum absolute atomic E-state index is 5.25. The molecular weight excluding hydrogens is 198 g/mol. The van der Waals surface area contributed by atoms with Crippen LogP contribution in [-0.4, -0.2) is 62.2 Å². The number of hydrogen-bond donors (Lipinski definition) is 1. The van der Waals surface area contributed by atoms with Crippen molar-refractivity contribution >= 4 is 0 Å². The molecule has 1 aliphatic heterocycles. The van der Waals surface area contributed by atoms with Crippen molar-refractivity contribution in [2.75, 3.05) is 46.3 Å². The highest BCUT2D eigenvalue weighted by atomic mass is 15.3. The van der Waals surface area contributed by atoms with Crippen LogP contribution in [0.25, 0.3) is 0 Å². The van der Waals surface area contributed by atoms with Crippen molar-refractivity contribution in [1.82, 2.24) is 15.1 Å². The molecule has 0 spiro atoms. The monoisotopic (exact) mass is 223 g/mol. The lowest BCUT2D eigenvalue weighted by molar-refractivity contribution is 0.0883. The maximum atomic E-state index is 5.25. The van der Waals surface area contributed by atoms with Crippen molar-refractivity contribution in [3.63, 3.8) is 0 Å². The van der Waals surface area contributed by atoms with Crippen LogP contribution in [0.2, 0.25) is 0 Å². The van der Waals surface area contributed by atoms with Crippen molar-refractivity contribution in [1.29, 1.82) is 0 Å². The fourth-order valence-corrected chi connectivity index (χ4v) is 2.23. The van der Waals surface area contributed by atoms with Crippen molar-refractivity contribution in [3.8, 4) is 12.3 Å². The van der Waals surface area contributed by atoms with E-state index in [9.17, 15) is 0 Å². The molecule has 92 valence electrons. The Morgan fingerprint density at radius 2 is 1.88 bits per heavy atom. The van der Waals surface area contributed by atoms with Gasteiger partial charge >= 0.3 is 0 Å². The summed E-state index contributed by atoms with van der Waals surface area (Å²) in [5.41, 5.74) is 0. The van der Waals surface area contributed by atoms with Gasteiger partial charge in [-0.15, -0.1) is 6.42 Å². The molecule has 1 saturated heterocycles. The van der Waals surface area contributed by atoms with Gasteiger partial charge in [0.15, 0.2) is 0 Å². The Bertz CT molecular complexity index is 224. The first-order chi connectivity index (χ1) is 7.65. The predicted molar refractivity (Wildman–Crippen MR) is 69.4 cm³/mol. The Kier molecular flexibility index (Phi) is 5.83. The molecule has 1 N–H and O–H groups in total. The van der Waals surface area contributed by atoms with E-state index in [-0.39, 0.29) is 0 Å². The van der Waals surface area contributed by atoms with Crippen LogP contribution in [0.3, 0.4) is 0 Å². The second-order valence-electron chi connectivity index (χ2n) is 4.99. The molecule has 3 nitrogen and oxygen atoms in total. The molecule has 3 heteroatoms. The van der Waals surface area contributed by atoms with E-state index < -0.39 is 0 Å². The molecule has 0 aromatic heterocycles. The molecule has 1 heterocycles. The number of piperazine rings is 1. The Hall–Kier alpha value is -0.560. The Morgan fingerprint density at radius 1 is 1.25 bits per heavy atom. The van der Waals surface area contributed by atoms with E-state index in [4.69, 9.17) is 6.42 Å². The number of rotatable bonds is 5. The summed E-state index contributed by atoms with van der Waals surface area (Å²) in [5, 5.41) is 3.33. The summed E-state index contributed by atoms with van der Waals surface area (Å²) in [5.74, 6) is 3.31. The van der Waals surface area contributed by atoms with Gasteiger partial charge in [-0.2, -0.15) is 0 Å². The molecule has 0 saturated carbocycles. The average molecular weight is 223 g/mol. The molecule has 1 aliphatic rings. The topological polar surface area (TPSA) is 18.5 Å². The summed E-state index contributed by atoms with van der Waals surface area (Å²) in [6.45, 7) is 11.0. The van der Waals surface area contributed by atoms with Gasteiger partial charge in [0.2, 0.25) is 0 Å². The quantitative estimate of drug-likeness (QED) is 0.540. The van der Waals surface area contributed by atoms with Crippen LogP contribution in [0.4, 0.5) is 0 Å². The van der Waals surface area contributed by atoms with Gasteiger partial charge < -0.3 is 10.2 Å². The van der Waals surface area contributed by atoms with E-state index in [2.05, 4.69) is 41.9 Å². The summed E-state index contributed by atoms with van der Waals surface area (Å²) in [4.78, 5) is 4.98. The van der Waals surface area contributed by atoms with E-state index in [0.29, 0.717) is 18.5 Å². The highest BCUT2D eigenvalue weighted by molar-refractivity contribution is 4.88. The third kappa shape index (κ3) is 4.13. The van der Waals surface area contributed by atoms with Gasteiger partial charge in [0.05, 0.1) is 6.54 Å². The second kappa shape index (κ2) is 6.90. The lowest BCUT2D eigenvalue weighted by Crippen LogP contribution is -2.53. The van der Waals surface area contributed by atoms with Crippen molar-refractivity contribution in [2.24, 2.45) is 5.92 Å². The summed E-state index contributed by atoms with van der Waals surface area (Å²) in [6, 6.07) is 0.613. The minimum atomic E-state index is 0.613. The van der Waals surface area contributed by atoms with Crippen LogP contribution in [-0.2, 0) is 0 Å². The van der Waals surface area contributed by atoms with Gasteiger partial charge in [0.25, 0.3) is 0 Å². The number of hydrogen-bond acceptors (Lipinski definition) is 3. The molecule has 0 bridgehead atoms. The molecule has 1 atom stereocenters. The van der Waals surface area contributed by atoms with Gasteiger partial charge in [0.1, 0.15) is 0 Å². The van der Waals surface area contributed by atoms with Crippen LogP contribution in [0, 0.1) is 18.3 Å². The van der Waals surface area contributed by atoms with Gasteiger partial charge in [0, 0.05) is 38.8 Å². The van der Waals surface area contributed by atoms with Crippen molar-refractivity contribution < 1.29 is 0 Å². The minimum absolute atomic E-state index is 0.613. The SMILES string of the molecule is C#CCNCC(C(C)C)N1CCN(C)CC1. The van der Waals surface area contributed by atoms with Gasteiger partial charge in [-0.05, 0) is 13.0 Å². The van der Waals surface area contributed by atoms with E-state index in [0.717, 1.165) is 6.54 Å². The van der Waals surface area contributed by atoms with Crippen LogP contribution in [0.5, 0.6) is 0 Å². The van der Waals surface area contributed by atoms with E-state index in [1.54, 1.807) is 0 Å². The van der Waals surface area contributed by atoms with Crippen LogP contribution < -0.4 is 5.32 Å². The smallest absolute Gasteiger partial charge is 0.0574 e. The molecule has 0 aromatic rings. The molecule has 0 radical (unpaired) electrons. The molecule has 0 amide bonds. The lowest BCUT2D eigenvalue weighted by Gasteiger charge is -2.40. The zero-order valence-electron chi connectivity index (χ0n) is 10.9. The molecule has 0 aliphatic carbocycles. The van der Waals surface area contributed by atoms with E-state index >= 15 is 0 Å². The maximum Gasteiger partial charge on any atom is 0.0574 e. The Labute approximate surface area is 100 Å². The standard InChI is InChI=1S/C13H25N3/c1-5-6-14-11-13(12(2)3)16-9-7-15(4)8-10-16/h1,12-14H,6-11H2,2-4H3. The molecule has 1 rings (SSSR count). The van der Waals surface area contributed by atoms with Crippen LogP contribution >= 0.6 is 0 Å². The van der Waals surface area contributed by atoms with Gasteiger partial charge in [-0.3, -0.25) is 4.90 Å². The zero-order chi connectivity index (χ0) is 12.0. The van der Waals surface area contributed by atoms with Crippen LogP contribution in [0.15, 0.2) is 0 Å². The predicted octanol–water partition coefficient (Wildman–Crippen LogP) is 0.481. The molecular formula is C13H25N3. The van der Waals surface area contributed by atoms with E-state index in [1.165, 1.54) is 26.2 Å². The van der Waals surface area contributed by atoms with Gasteiger partial charge in [-0.25, -0.2) is 0 Å². The lowest BCUT2D eigenvalue weighted by atomic mass is 10.0. The first-order valence-electron chi connectivity index (χ1n) is 6.22. The molecule has 0 aromatic carbocycles. The Balaban J connectivity index is 2.40. The summed E-state index contributed by atoms with van der Waals surface area (Å²) < 4.78 is 0. The molecule has 16 heavy (non-hydrogen) atoms. The fourth-order valence-electron chi connectivity index (χ4n) is 2.23. The summed E-state index contributed by atoms with van der Waals surface area (Å²) in [6.07, 6.45) is 5.25. The number of likely N-dealkylation sites (N-methyl/N-ethyl adjacent to an activating group) is 1. The first kappa shape index (κ1) is 13.5. The molecule has 1 fully saturated rings. The molecule has 1 unspecified atom stereocenters. The number of terminal acetylenes is 1. The number of nitrogens with one attached hydrogen (secondary N) is 1. The largest absolute Gasteiger partial charge is 0.305 e. The van der Waals surface area contributed by atoms with E-state index in [1.807, 2.05) is 0 Å². The first-order valence-corrected chi connectivity index (χ1v) is 6.22. The third-order valence-corrected chi connectivity index (χ3v) is 3.36. The minimum Gasteiger partial charge on any atom is -0.305 e. The normalized spacial score (nSPS) is 20.9. The van der Waals surface area contributed by atoms with Crippen molar-refractivity contribution in [2.45, 2.75) is 19.9 Å². The third-order valence-electron chi connectivity index (χ3n) is 3.36. The zero-order valence-corrected chi connectivity index (χ0v) is 10.9. The number of nitrogens with zero attached hydrogens (tertiary/aromatic N) is 2. The Morgan fingerprint density at radius 3 is 2.38 bits per heavy atom. The van der Waals surface area contributed by atoms with Crippen molar-refractivity contribution in [3.05, 3.63) is 0 Å². The highest BCUT2D eigenvalue weighted by Crippen LogP contribution is 2.12. The second-order valence-corrected chi connectivity index (χ2v) is 4.99. The summed E-state index contributed by atoms with van der Waals surface area (Å²) in [7, 11) is 2.19. The average Bonchev–Trinajstić information content (AvgIpc) is 2.26. The van der Waals surface area contributed by atoms with Crippen LogP contribution in [0.1, 0.15) is 13.8 Å². The highest BCUT2D eigenvalue weighted by Gasteiger charge is 2.24. The fraction of sp³-hybridized carbons (Fsp3) is 0.846. The van der Waals surface area contributed by atoms with Gasteiger partial charge in [-0.1, -0.05) is 19.8 Å².